The normalized spacial score (nSPS) is 19.4. The van der Waals surface area contributed by atoms with Crippen molar-refractivity contribution in [1.82, 2.24) is 0 Å². The van der Waals surface area contributed by atoms with Crippen molar-refractivity contribution in [1.29, 1.82) is 5.26 Å². The predicted octanol–water partition coefficient (Wildman–Crippen LogP) is 1.29. The average Bonchev–Trinajstić information content (AvgIpc) is 2.45. The molecule has 0 radical (unpaired) electrons. The number of carbonyl (C=O) groups is 1. The zero-order valence-electron chi connectivity index (χ0n) is 10.9. The van der Waals surface area contributed by atoms with Crippen LogP contribution in [0.4, 0.5) is 5.69 Å². The first-order chi connectivity index (χ1) is 9.47. The molecule has 1 aromatic carbocycles. The van der Waals surface area contributed by atoms with Crippen molar-refractivity contribution in [3.8, 4) is 6.07 Å². The number of rotatable bonds is 3. The molecule has 0 amide bonds. The smallest absolute Gasteiger partial charge is 0.169 e. The second kappa shape index (κ2) is 5.85. The van der Waals surface area contributed by atoms with Crippen LogP contribution in [0.3, 0.4) is 0 Å². The molecule has 0 bridgehead atoms. The number of thioether (sulfide) groups is 1. The Morgan fingerprint density at radius 1 is 1.50 bits per heavy atom. The second-order valence-electron chi connectivity index (χ2n) is 4.56. The van der Waals surface area contributed by atoms with Crippen molar-refractivity contribution in [2.75, 3.05) is 29.2 Å². The van der Waals surface area contributed by atoms with Crippen LogP contribution >= 0.6 is 11.8 Å². The topological polar surface area (TPSA) is 78.2 Å². The molecule has 0 aromatic heterocycles. The highest BCUT2D eigenvalue weighted by molar-refractivity contribution is 8.01. The Labute approximate surface area is 122 Å². The zero-order valence-corrected chi connectivity index (χ0v) is 12.6. The summed E-state index contributed by atoms with van der Waals surface area (Å²) in [6.07, 6.45) is 1.88. The Kier molecular flexibility index (Phi) is 4.35. The Hall–Kier alpha value is -1.52. The average molecular weight is 310 g/mol. The third kappa shape index (κ3) is 2.97. The van der Waals surface area contributed by atoms with Gasteiger partial charge in [-0.3, -0.25) is 4.79 Å². The lowest BCUT2D eigenvalue weighted by molar-refractivity contribution is 0.112. The molecular formula is C13H14N2O3S2. The first kappa shape index (κ1) is 14.9. The highest BCUT2D eigenvalue weighted by Gasteiger charge is 2.32. The fourth-order valence-corrected chi connectivity index (χ4v) is 5.01. The van der Waals surface area contributed by atoms with Gasteiger partial charge in [0.15, 0.2) is 9.84 Å². The van der Waals surface area contributed by atoms with Gasteiger partial charge >= 0.3 is 0 Å². The van der Waals surface area contributed by atoms with Gasteiger partial charge in [0.05, 0.1) is 11.3 Å². The Morgan fingerprint density at radius 3 is 2.85 bits per heavy atom. The van der Waals surface area contributed by atoms with Gasteiger partial charge in [0, 0.05) is 29.9 Å². The molecule has 1 aliphatic rings. The van der Waals surface area contributed by atoms with Crippen LogP contribution < -0.4 is 4.90 Å². The van der Waals surface area contributed by atoms with E-state index in [9.17, 15) is 18.5 Å². The SMILES string of the molecule is CS(=O)(=O)C1CSCCN1c1ccc(C=O)cc1C#N. The molecule has 20 heavy (non-hydrogen) atoms. The minimum Gasteiger partial charge on any atom is -0.352 e. The van der Waals surface area contributed by atoms with Gasteiger partial charge < -0.3 is 4.90 Å². The van der Waals surface area contributed by atoms with E-state index in [1.165, 1.54) is 12.3 Å². The Bertz CT molecular complexity index is 665. The van der Waals surface area contributed by atoms with Crippen LogP contribution in [0.15, 0.2) is 18.2 Å². The van der Waals surface area contributed by atoms with Crippen molar-refractivity contribution in [2.24, 2.45) is 0 Å². The summed E-state index contributed by atoms with van der Waals surface area (Å²) < 4.78 is 23.8. The molecule has 0 aliphatic carbocycles. The number of hydrogen-bond donors (Lipinski definition) is 0. The number of benzene rings is 1. The van der Waals surface area contributed by atoms with Crippen LogP contribution in [0.5, 0.6) is 0 Å². The minimum absolute atomic E-state index is 0.329. The van der Waals surface area contributed by atoms with Gasteiger partial charge in [-0.2, -0.15) is 17.0 Å². The van der Waals surface area contributed by atoms with Gasteiger partial charge in [-0.15, -0.1) is 0 Å². The molecular weight excluding hydrogens is 296 g/mol. The van der Waals surface area contributed by atoms with Gasteiger partial charge in [0.2, 0.25) is 0 Å². The first-order valence-electron chi connectivity index (χ1n) is 6.00. The summed E-state index contributed by atoms with van der Waals surface area (Å²) in [5.41, 5.74) is 1.32. The quantitative estimate of drug-likeness (QED) is 0.783. The summed E-state index contributed by atoms with van der Waals surface area (Å²) in [6, 6.07) is 6.78. The number of nitriles is 1. The molecule has 5 nitrogen and oxygen atoms in total. The number of hydrogen-bond acceptors (Lipinski definition) is 6. The molecule has 1 heterocycles. The van der Waals surface area contributed by atoms with Crippen LogP contribution in [-0.2, 0) is 9.84 Å². The third-order valence-electron chi connectivity index (χ3n) is 3.17. The molecule has 1 fully saturated rings. The monoisotopic (exact) mass is 310 g/mol. The van der Waals surface area contributed by atoms with Crippen LogP contribution in [0.2, 0.25) is 0 Å². The van der Waals surface area contributed by atoms with Crippen molar-refractivity contribution < 1.29 is 13.2 Å². The van der Waals surface area contributed by atoms with Gasteiger partial charge in [0.1, 0.15) is 17.7 Å². The second-order valence-corrected chi connectivity index (χ2v) is 7.91. The number of anilines is 1. The van der Waals surface area contributed by atoms with Crippen LogP contribution in [0, 0.1) is 11.3 Å². The number of carbonyl (C=O) groups excluding carboxylic acids is 1. The Balaban J connectivity index is 2.48. The van der Waals surface area contributed by atoms with E-state index >= 15 is 0 Å². The summed E-state index contributed by atoms with van der Waals surface area (Å²) in [6.45, 7) is 0.567. The molecule has 1 atom stereocenters. The molecule has 0 saturated carbocycles. The minimum atomic E-state index is -3.24. The number of aldehydes is 1. The lowest BCUT2D eigenvalue weighted by Gasteiger charge is -2.36. The summed E-state index contributed by atoms with van der Waals surface area (Å²) in [7, 11) is -3.24. The van der Waals surface area contributed by atoms with Gasteiger partial charge in [0.25, 0.3) is 0 Å². The maximum Gasteiger partial charge on any atom is 0.169 e. The van der Waals surface area contributed by atoms with E-state index in [2.05, 4.69) is 0 Å². The van der Waals surface area contributed by atoms with E-state index in [0.717, 1.165) is 5.75 Å². The molecule has 0 spiro atoms. The van der Waals surface area contributed by atoms with Crippen molar-refractivity contribution in [3.05, 3.63) is 29.3 Å². The van der Waals surface area contributed by atoms with E-state index in [0.29, 0.717) is 35.4 Å². The summed E-state index contributed by atoms with van der Waals surface area (Å²) in [5, 5.41) is 8.58. The molecule has 1 saturated heterocycles. The first-order valence-corrected chi connectivity index (χ1v) is 9.11. The predicted molar refractivity (Wildman–Crippen MR) is 79.8 cm³/mol. The highest BCUT2D eigenvalue weighted by atomic mass is 32.2. The molecule has 0 N–H and O–H groups in total. The largest absolute Gasteiger partial charge is 0.352 e. The molecule has 1 unspecified atom stereocenters. The van der Waals surface area contributed by atoms with Crippen LogP contribution in [0.25, 0.3) is 0 Å². The Morgan fingerprint density at radius 2 is 2.25 bits per heavy atom. The fraction of sp³-hybridized carbons (Fsp3) is 0.385. The summed E-state index contributed by atoms with van der Waals surface area (Å²) >= 11 is 1.59. The maximum absolute atomic E-state index is 11.9. The highest BCUT2D eigenvalue weighted by Crippen LogP contribution is 2.29. The van der Waals surface area contributed by atoms with Gasteiger partial charge in [-0.1, -0.05) is 0 Å². The van der Waals surface area contributed by atoms with E-state index < -0.39 is 15.2 Å². The fourth-order valence-electron chi connectivity index (χ4n) is 2.18. The number of sulfone groups is 1. The third-order valence-corrected chi connectivity index (χ3v) is 5.81. The van der Waals surface area contributed by atoms with E-state index in [-0.39, 0.29) is 0 Å². The summed E-state index contributed by atoms with van der Waals surface area (Å²) in [4.78, 5) is 12.5. The zero-order chi connectivity index (χ0) is 14.8. The van der Waals surface area contributed by atoms with Crippen LogP contribution in [-0.4, -0.2) is 44.4 Å². The standard InChI is InChI=1S/C13H14N2O3S2/c1-20(17,18)13-9-19-5-4-15(13)12-3-2-10(8-16)6-11(12)7-14/h2-3,6,8,13H,4-5,9H2,1H3. The van der Waals surface area contributed by atoms with Crippen LogP contribution in [0.1, 0.15) is 15.9 Å². The maximum atomic E-state index is 11.9. The lowest BCUT2D eigenvalue weighted by Crippen LogP contribution is -2.47. The lowest BCUT2D eigenvalue weighted by atomic mass is 10.1. The van der Waals surface area contributed by atoms with E-state index in [1.54, 1.807) is 28.8 Å². The molecule has 1 aromatic rings. The van der Waals surface area contributed by atoms with Gasteiger partial charge in [-0.05, 0) is 18.2 Å². The van der Waals surface area contributed by atoms with Crippen molar-refractivity contribution >= 4 is 33.6 Å². The summed E-state index contributed by atoms with van der Waals surface area (Å²) in [5.74, 6) is 1.30. The van der Waals surface area contributed by atoms with Crippen molar-refractivity contribution in [3.63, 3.8) is 0 Å². The molecule has 7 heteroatoms. The van der Waals surface area contributed by atoms with E-state index in [1.807, 2.05) is 6.07 Å². The number of nitrogens with zero attached hydrogens (tertiary/aromatic N) is 2. The van der Waals surface area contributed by atoms with E-state index in [4.69, 9.17) is 0 Å². The molecule has 106 valence electrons. The molecule has 1 aliphatic heterocycles. The van der Waals surface area contributed by atoms with Crippen molar-refractivity contribution in [2.45, 2.75) is 5.37 Å². The molecule has 2 rings (SSSR count). The van der Waals surface area contributed by atoms with Gasteiger partial charge in [-0.25, -0.2) is 8.42 Å².